The first-order valence-electron chi connectivity index (χ1n) is 10.2. The molecule has 1 fully saturated rings. The molecule has 1 aromatic carbocycles. The number of fused-ring (bicyclic) bond motifs is 1. The van der Waals surface area contributed by atoms with Gasteiger partial charge < -0.3 is 20.1 Å². The largest absolute Gasteiger partial charge is 0.480 e. The smallest absolute Gasteiger partial charge is 0.419 e. The van der Waals surface area contributed by atoms with Crippen LogP contribution in [0.1, 0.15) is 36.7 Å². The lowest BCUT2D eigenvalue weighted by atomic mass is 9.96. The number of ether oxygens (including phenoxy) is 1. The van der Waals surface area contributed by atoms with Crippen LogP contribution in [0.2, 0.25) is 0 Å². The molecule has 0 bridgehead atoms. The van der Waals surface area contributed by atoms with Gasteiger partial charge in [0.1, 0.15) is 17.0 Å². The number of alkyl halides is 3. The second-order valence-electron chi connectivity index (χ2n) is 8.47. The van der Waals surface area contributed by atoms with Crippen LogP contribution in [-0.4, -0.2) is 46.1 Å². The van der Waals surface area contributed by atoms with E-state index in [1.807, 2.05) is 4.90 Å². The zero-order valence-corrected chi connectivity index (χ0v) is 18.5. The Balaban J connectivity index is 1.75. The maximum Gasteiger partial charge on any atom is 0.419 e. The lowest BCUT2D eigenvalue weighted by Gasteiger charge is -2.45. The molecule has 1 atom stereocenters. The van der Waals surface area contributed by atoms with Crippen LogP contribution >= 0.6 is 0 Å². The second kappa shape index (κ2) is 7.98. The maximum absolute atomic E-state index is 14.6. The number of aromatic nitrogens is 3. The number of nitrogens with one attached hydrogen (secondary N) is 1. The van der Waals surface area contributed by atoms with Crippen molar-refractivity contribution in [1.29, 1.82) is 0 Å². The van der Waals surface area contributed by atoms with Gasteiger partial charge in [0, 0.05) is 24.0 Å². The fraction of sp³-hybridized carbons (Fsp3) is 0.409. The number of nitrogens with zero attached hydrogens (tertiary/aromatic N) is 4. The maximum atomic E-state index is 14.6. The third-order valence-corrected chi connectivity index (χ3v) is 5.62. The summed E-state index contributed by atoms with van der Waals surface area (Å²) >= 11 is 0. The van der Waals surface area contributed by atoms with Gasteiger partial charge in [0.2, 0.25) is 5.88 Å². The zero-order valence-electron chi connectivity index (χ0n) is 18.5. The number of benzene rings is 1. The SMILES string of the molecule is COc1nc2c(C)nnc(N[C@H](C)c3cccc(C(F)(F)F)c3F)c2cc1N1CC(C)(O)C1. The summed E-state index contributed by atoms with van der Waals surface area (Å²) in [6.07, 6.45) is -4.80. The highest BCUT2D eigenvalue weighted by Gasteiger charge is 2.39. The zero-order chi connectivity index (χ0) is 24.1. The van der Waals surface area contributed by atoms with Crippen LogP contribution in [0.3, 0.4) is 0 Å². The number of β-amino-alcohol motifs (C(OH)–C–C–N with tert-alkyl or cyclic N) is 1. The molecule has 0 amide bonds. The molecule has 3 aromatic rings. The van der Waals surface area contributed by atoms with Crippen LogP contribution in [0, 0.1) is 12.7 Å². The third kappa shape index (κ3) is 4.24. The van der Waals surface area contributed by atoms with Crippen molar-refractivity contribution in [3.63, 3.8) is 0 Å². The van der Waals surface area contributed by atoms with E-state index in [0.717, 1.165) is 0 Å². The van der Waals surface area contributed by atoms with Crippen molar-refractivity contribution in [2.45, 2.75) is 38.6 Å². The average molecular weight is 465 g/mol. The van der Waals surface area contributed by atoms with Gasteiger partial charge in [-0.3, -0.25) is 0 Å². The number of pyridine rings is 1. The first kappa shape index (κ1) is 23.0. The highest BCUT2D eigenvalue weighted by atomic mass is 19.4. The molecule has 0 radical (unpaired) electrons. The predicted molar refractivity (Wildman–Crippen MR) is 115 cm³/mol. The van der Waals surface area contributed by atoms with Crippen LogP contribution in [0.15, 0.2) is 24.3 Å². The minimum atomic E-state index is -4.80. The lowest BCUT2D eigenvalue weighted by molar-refractivity contribution is -0.140. The van der Waals surface area contributed by atoms with Crippen LogP contribution in [-0.2, 0) is 6.18 Å². The number of methoxy groups -OCH3 is 1. The van der Waals surface area contributed by atoms with Crippen molar-refractivity contribution in [3.05, 3.63) is 46.9 Å². The summed E-state index contributed by atoms with van der Waals surface area (Å²) < 4.78 is 59.5. The van der Waals surface area contributed by atoms with E-state index < -0.39 is 29.2 Å². The highest BCUT2D eigenvalue weighted by Crippen LogP contribution is 2.39. The molecule has 33 heavy (non-hydrogen) atoms. The Bertz CT molecular complexity index is 1210. The van der Waals surface area contributed by atoms with Crippen LogP contribution < -0.4 is 15.0 Å². The molecule has 11 heteroatoms. The summed E-state index contributed by atoms with van der Waals surface area (Å²) in [4.78, 5) is 6.43. The Morgan fingerprint density at radius 1 is 1.24 bits per heavy atom. The van der Waals surface area contributed by atoms with Gasteiger partial charge in [-0.2, -0.15) is 18.3 Å². The van der Waals surface area contributed by atoms with E-state index >= 15 is 0 Å². The number of hydrogen-bond acceptors (Lipinski definition) is 7. The molecule has 176 valence electrons. The standard InChI is InChI=1S/C22H23F4N5O2/c1-11(13-6-5-7-15(17(13)23)22(24,25)26)27-19-14-8-16(31-9-21(3,32)10-31)20(33-4)28-18(14)12(2)29-30-19/h5-8,11,32H,9-10H2,1-4H3,(H,27,30)/t11-/m1/s1. The Hall–Kier alpha value is -3.21. The summed E-state index contributed by atoms with van der Waals surface area (Å²) in [7, 11) is 1.48. The van der Waals surface area contributed by atoms with Gasteiger partial charge in [-0.25, -0.2) is 9.37 Å². The molecule has 0 spiro atoms. The van der Waals surface area contributed by atoms with Gasteiger partial charge in [-0.15, -0.1) is 5.10 Å². The molecule has 2 aromatic heterocycles. The van der Waals surface area contributed by atoms with Gasteiger partial charge in [0.05, 0.1) is 30.0 Å². The predicted octanol–water partition coefficient (Wildman–Crippen LogP) is 4.24. The molecule has 0 unspecified atom stereocenters. The third-order valence-electron chi connectivity index (χ3n) is 5.62. The quantitative estimate of drug-likeness (QED) is 0.546. The number of hydrogen-bond donors (Lipinski definition) is 2. The highest BCUT2D eigenvalue weighted by molar-refractivity contribution is 5.94. The van der Waals surface area contributed by atoms with E-state index in [1.54, 1.807) is 19.9 Å². The number of aliphatic hydroxyl groups is 1. The minimum absolute atomic E-state index is 0.152. The molecular formula is C22H23F4N5O2. The van der Waals surface area contributed by atoms with Crippen molar-refractivity contribution in [3.8, 4) is 5.88 Å². The molecule has 0 saturated carbocycles. The van der Waals surface area contributed by atoms with Crippen molar-refractivity contribution in [1.82, 2.24) is 15.2 Å². The normalized spacial score (nSPS) is 16.5. The Labute approximate surface area is 187 Å². The van der Waals surface area contributed by atoms with Crippen molar-refractivity contribution < 1.29 is 27.4 Å². The van der Waals surface area contributed by atoms with Crippen molar-refractivity contribution in [2.24, 2.45) is 0 Å². The molecule has 1 aliphatic heterocycles. The Kier molecular flexibility index (Phi) is 5.55. The van der Waals surface area contributed by atoms with E-state index in [-0.39, 0.29) is 11.4 Å². The number of anilines is 2. The molecular weight excluding hydrogens is 442 g/mol. The van der Waals surface area contributed by atoms with Gasteiger partial charge >= 0.3 is 6.18 Å². The van der Waals surface area contributed by atoms with E-state index in [0.29, 0.717) is 47.3 Å². The number of halogens is 4. The summed E-state index contributed by atoms with van der Waals surface area (Å²) in [6, 6.07) is 4.09. The fourth-order valence-electron chi connectivity index (χ4n) is 3.98. The molecule has 1 aliphatic rings. The average Bonchev–Trinajstić information content (AvgIpc) is 2.72. The van der Waals surface area contributed by atoms with Gasteiger partial charge in [-0.05, 0) is 32.9 Å². The fourth-order valence-corrected chi connectivity index (χ4v) is 3.98. The molecule has 3 heterocycles. The summed E-state index contributed by atoms with van der Waals surface area (Å²) in [6.45, 7) is 5.73. The molecule has 0 aliphatic carbocycles. The van der Waals surface area contributed by atoms with E-state index in [9.17, 15) is 22.7 Å². The monoisotopic (exact) mass is 465 g/mol. The Morgan fingerprint density at radius 2 is 1.94 bits per heavy atom. The van der Waals surface area contributed by atoms with Crippen molar-refractivity contribution >= 4 is 22.4 Å². The van der Waals surface area contributed by atoms with Crippen LogP contribution in [0.5, 0.6) is 5.88 Å². The van der Waals surface area contributed by atoms with E-state index in [2.05, 4.69) is 20.5 Å². The molecule has 2 N–H and O–H groups in total. The van der Waals surface area contributed by atoms with E-state index in [4.69, 9.17) is 4.74 Å². The Morgan fingerprint density at radius 3 is 2.55 bits per heavy atom. The number of aryl methyl sites for hydroxylation is 1. The first-order chi connectivity index (χ1) is 15.4. The van der Waals surface area contributed by atoms with Crippen LogP contribution in [0.4, 0.5) is 29.1 Å². The van der Waals surface area contributed by atoms with Crippen molar-refractivity contribution in [2.75, 3.05) is 30.4 Å². The minimum Gasteiger partial charge on any atom is -0.480 e. The lowest BCUT2D eigenvalue weighted by Crippen LogP contribution is -2.60. The van der Waals surface area contributed by atoms with E-state index in [1.165, 1.54) is 26.2 Å². The van der Waals surface area contributed by atoms with Crippen LogP contribution in [0.25, 0.3) is 10.9 Å². The second-order valence-corrected chi connectivity index (χ2v) is 8.47. The summed E-state index contributed by atoms with van der Waals surface area (Å²) in [5.41, 5.74) is -0.674. The number of rotatable bonds is 5. The van der Waals surface area contributed by atoms with Gasteiger partial charge in [-0.1, -0.05) is 12.1 Å². The summed E-state index contributed by atoms with van der Waals surface area (Å²) in [5, 5.41) is 21.9. The topological polar surface area (TPSA) is 83.4 Å². The summed E-state index contributed by atoms with van der Waals surface area (Å²) in [5.74, 6) is -0.752. The molecule has 4 rings (SSSR count). The molecule has 1 saturated heterocycles. The first-order valence-corrected chi connectivity index (χ1v) is 10.2. The van der Waals surface area contributed by atoms with Gasteiger partial charge in [0.25, 0.3) is 0 Å². The molecule has 7 nitrogen and oxygen atoms in total. The van der Waals surface area contributed by atoms with Gasteiger partial charge in [0.15, 0.2) is 5.82 Å².